The number of hydrogen-bond donors (Lipinski definition) is 2. The molecule has 0 bridgehead atoms. The van der Waals surface area contributed by atoms with Crippen molar-refractivity contribution in [3.8, 4) is 0 Å². The minimum absolute atomic E-state index is 0.0708. The van der Waals surface area contributed by atoms with Gasteiger partial charge >= 0.3 is 0 Å². The molecule has 0 saturated heterocycles. The smallest absolute Gasteiger partial charge is 0.242 e. The molecule has 106 valence electrons. The lowest BCUT2D eigenvalue weighted by Gasteiger charge is -2.34. The summed E-state index contributed by atoms with van der Waals surface area (Å²) in [5.41, 5.74) is 5.10. The number of nitrogens with two attached hydrogens (primary N) is 1. The molecule has 8 heteroatoms. The third-order valence-corrected chi connectivity index (χ3v) is 5.08. The molecule has 0 amide bonds. The lowest BCUT2D eigenvalue weighted by atomic mass is 9.90. The Kier molecular flexibility index (Phi) is 4.00. The fourth-order valence-electron chi connectivity index (χ4n) is 1.89. The normalized spacial score (nSPS) is 23.1. The lowest BCUT2D eigenvalue weighted by molar-refractivity contribution is 0.0236. The number of ether oxygens (including phenoxy) is 1. The predicted molar refractivity (Wildman–Crippen MR) is 70.0 cm³/mol. The molecular weight excluding hydrogens is 295 g/mol. The zero-order valence-electron chi connectivity index (χ0n) is 10.2. The summed E-state index contributed by atoms with van der Waals surface area (Å²) in [6.45, 7) is 0. The van der Waals surface area contributed by atoms with Crippen LogP contribution in [0.3, 0.4) is 0 Å². The molecule has 0 radical (unpaired) electrons. The van der Waals surface area contributed by atoms with Gasteiger partial charge in [-0.25, -0.2) is 17.5 Å². The largest absolute Gasteiger partial charge is 0.396 e. The third kappa shape index (κ3) is 3.00. The Labute approximate surface area is 115 Å². The van der Waals surface area contributed by atoms with Gasteiger partial charge in [0.05, 0.1) is 16.8 Å². The molecule has 0 heterocycles. The number of rotatable bonds is 4. The van der Waals surface area contributed by atoms with Gasteiger partial charge in [0.15, 0.2) is 0 Å². The second-order valence-corrected chi connectivity index (χ2v) is 6.54. The van der Waals surface area contributed by atoms with Crippen molar-refractivity contribution in [1.29, 1.82) is 0 Å². The molecule has 3 N–H and O–H groups in total. The summed E-state index contributed by atoms with van der Waals surface area (Å²) in [4.78, 5) is -0.214. The molecule has 0 unspecified atom stereocenters. The van der Waals surface area contributed by atoms with Crippen LogP contribution in [0.5, 0.6) is 0 Å². The molecule has 1 aliphatic carbocycles. The minimum Gasteiger partial charge on any atom is -0.396 e. The van der Waals surface area contributed by atoms with E-state index in [1.807, 2.05) is 0 Å². The summed E-state index contributed by atoms with van der Waals surface area (Å²) < 4.78 is 44.9. The molecule has 1 aromatic carbocycles. The molecule has 1 fully saturated rings. The van der Waals surface area contributed by atoms with Crippen LogP contribution in [0.4, 0.5) is 10.1 Å². The van der Waals surface area contributed by atoms with E-state index < -0.39 is 15.8 Å². The van der Waals surface area contributed by atoms with Crippen LogP contribution in [0.15, 0.2) is 17.0 Å². The number of anilines is 1. The first-order chi connectivity index (χ1) is 8.83. The standard InChI is InChI=1S/C11H14ClFN2O3S/c1-18-7-2-6(3-7)15-19(16,17)11-5-10(14)9(13)4-8(11)12/h4-7,15H,2-3,14H2,1H3. The summed E-state index contributed by atoms with van der Waals surface area (Å²) >= 11 is 5.75. The SMILES string of the molecule is COC1CC(NS(=O)(=O)c2cc(N)c(F)cc2Cl)C1. The van der Waals surface area contributed by atoms with Crippen LogP contribution in [-0.2, 0) is 14.8 Å². The summed E-state index contributed by atoms with van der Waals surface area (Å²) in [5, 5.41) is -0.193. The summed E-state index contributed by atoms with van der Waals surface area (Å²) in [5.74, 6) is -0.743. The van der Waals surface area contributed by atoms with Crippen molar-refractivity contribution in [1.82, 2.24) is 4.72 Å². The first kappa shape index (κ1) is 14.5. The van der Waals surface area contributed by atoms with Crippen molar-refractivity contribution in [2.24, 2.45) is 0 Å². The topological polar surface area (TPSA) is 81.4 Å². The van der Waals surface area contributed by atoms with Crippen LogP contribution in [0, 0.1) is 5.82 Å². The van der Waals surface area contributed by atoms with Gasteiger partial charge in [-0.1, -0.05) is 11.6 Å². The van der Waals surface area contributed by atoms with Crippen molar-refractivity contribution in [2.45, 2.75) is 29.9 Å². The maximum atomic E-state index is 13.1. The zero-order valence-corrected chi connectivity index (χ0v) is 11.8. The van der Waals surface area contributed by atoms with Gasteiger partial charge in [-0.15, -0.1) is 0 Å². The molecule has 1 saturated carbocycles. The highest BCUT2D eigenvalue weighted by atomic mass is 35.5. The van der Waals surface area contributed by atoms with Gasteiger partial charge in [0.25, 0.3) is 0 Å². The quantitative estimate of drug-likeness (QED) is 0.826. The average molecular weight is 309 g/mol. The Morgan fingerprint density at radius 1 is 1.47 bits per heavy atom. The molecule has 1 aliphatic rings. The number of nitrogen functional groups attached to an aromatic ring is 1. The molecule has 0 spiro atoms. The van der Waals surface area contributed by atoms with Crippen LogP contribution >= 0.6 is 11.6 Å². The number of benzene rings is 1. The first-order valence-electron chi connectivity index (χ1n) is 5.63. The summed E-state index contributed by atoms with van der Waals surface area (Å²) in [7, 11) is -2.23. The molecule has 5 nitrogen and oxygen atoms in total. The van der Waals surface area contributed by atoms with Gasteiger partial charge in [-0.3, -0.25) is 0 Å². The van der Waals surface area contributed by atoms with E-state index >= 15 is 0 Å². The third-order valence-electron chi connectivity index (χ3n) is 3.09. The van der Waals surface area contributed by atoms with Crippen molar-refractivity contribution < 1.29 is 17.5 Å². The summed E-state index contributed by atoms with van der Waals surface area (Å²) in [6, 6.07) is 1.72. The van der Waals surface area contributed by atoms with E-state index in [1.54, 1.807) is 7.11 Å². The van der Waals surface area contributed by atoms with Crippen LogP contribution in [0.2, 0.25) is 5.02 Å². The monoisotopic (exact) mass is 308 g/mol. The Balaban J connectivity index is 2.18. The summed E-state index contributed by atoms with van der Waals surface area (Å²) in [6.07, 6.45) is 1.27. The van der Waals surface area contributed by atoms with E-state index in [-0.39, 0.29) is 27.8 Å². The fourth-order valence-corrected chi connectivity index (χ4v) is 3.70. The van der Waals surface area contributed by atoms with Crippen molar-refractivity contribution in [2.75, 3.05) is 12.8 Å². The van der Waals surface area contributed by atoms with Crippen LogP contribution < -0.4 is 10.5 Å². The molecule has 0 aliphatic heterocycles. The molecule has 0 aromatic heterocycles. The predicted octanol–water partition coefficient (Wildman–Crippen LogP) is 1.52. The van der Waals surface area contributed by atoms with Gasteiger partial charge in [-0.2, -0.15) is 0 Å². The minimum atomic E-state index is -3.81. The maximum Gasteiger partial charge on any atom is 0.242 e. The second-order valence-electron chi connectivity index (χ2n) is 4.45. The molecule has 1 aromatic rings. The van der Waals surface area contributed by atoms with E-state index in [2.05, 4.69) is 4.72 Å². The van der Waals surface area contributed by atoms with Crippen molar-refractivity contribution >= 4 is 27.3 Å². The van der Waals surface area contributed by atoms with Crippen LogP contribution in [-0.4, -0.2) is 27.7 Å². The van der Waals surface area contributed by atoms with Gasteiger partial charge in [0.1, 0.15) is 10.7 Å². The highest BCUT2D eigenvalue weighted by Gasteiger charge is 2.33. The highest BCUT2D eigenvalue weighted by Crippen LogP contribution is 2.29. The second kappa shape index (κ2) is 5.24. The Morgan fingerprint density at radius 2 is 2.11 bits per heavy atom. The average Bonchev–Trinajstić information content (AvgIpc) is 2.27. The zero-order chi connectivity index (χ0) is 14.2. The van der Waals surface area contributed by atoms with E-state index in [9.17, 15) is 12.8 Å². The highest BCUT2D eigenvalue weighted by molar-refractivity contribution is 7.89. The van der Waals surface area contributed by atoms with E-state index in [4.69, 9.17) is 22.1 Å². The number of nitrogens with one attached hydrogen (secondary N) is 1. The van der Waals surface area contributed by atoms with Gasteiger partial charge in [-0.05, 0) is 25.0 Å². The molecule has 19 heavy (non-hydrogen) atoms. The Bertz CT molecular complexity index is 588. The van der Waals surface area contributed by atoms with Gasteiger partial charge in [0.2, 0.25) is 10.0 Å². The molecule has 0 atom stereocenters. The van der Waals surface area contributed by atoms with Gasteiger partial charge < -0.3 is 10.5 Å². The van der Waals surface area contributed by atoms with Crippen molar-refractivity contribution in [3.05, 3.63) is 23.0 Å². The number of sulfonamides is 1. The maximum absolute atomic E-state index is 13.1. The van der Waals surface area contributed by atoms with E-state index in [0.717, 1.165) is 12.1 Å². The fraction of sp³-hybridized carbons (Fsp3) is 0.455. The van der Waals surface area contributed by atoms with E-state index in [1.165, 1.54) is 0 Å². The number of hydrogen-bond acceptors (Lipinski definition) is 4. The van der Waals surface area contributed by atoms with Crippen LogP contribution in [0.25, 0.3) is 0 Å². The van der Waals surface area contributed by atoms with E-state index in [0.29, 0.717) is 12.8 Å². The Hall–Kier alpha value is -0.890. The Morgan fingerprint density at radius 3 is 2.68 bits per heavy atom. The molecular formula is C11H14ClFN2O3S. The first-order valence-corrected chi connectivity index (χ1v) is 7.49. The van der Waals surface area contributed by atoms with Crippen molar-refractivity contribution in [3.63, 3.8) is 0 Å². The lowest BCUT2D eigenvalue weighted by Crippen LogP contribution is -2.47. The van der Waals surface area contributed by atoms with Crippen LogP contribution in [0.1, 0.15) is 12.8 Å². The molecule has 2 rings (SSSR count). The number of methoxy groups -OCH3 is 1. The number of halogens is 2. The van der Waals surface area contributed by atoms with Gasteiger partial charge in [0, 0.05) is 13.2 Å².